The van der Waals surface area contributed by atoms with Gasteiger partial charge in [-0.3, -0.25) is 0 Å². The van der Waals surface area contributed by atoms with E-state index in [4.69, 9.17) is 10.2 Å². The highest BCUT2D eigenvalue weighted by Gasteiger charge is 2.27. The summed E-state index contributed by atoms with van der Waals surface area (Å²) in [7, 11) is 0. The van der Waals surface area contributed by atoms with E-state index in [0.29, 0.717) is 16.7 Å². The first-order chi connectivity index (χ1) is 7.84. The van der Waals surface area contributed by atoms with Gasteiger partial charge in [0.25, 0.3) is 0 Å². The topological polar surface area (TPSA) is 39.2 Å². The minimum Gasteiger partial charge on any atom is -0.459 e. The van der Waals surface area contributed by atoms with Crippen molar-refractivity contribution in [2.75, 3.05) is 0 Å². The largest absolute Gasteiger partial charge is 0.459 e. The Morgan fingerprint density at radius 2 is 1.88 bits per heavy atom. The summed E-state index contributed by atoms with van der Waals surface area (Å²) < 4.78 is 32.4. The molecule has 0 radical (unpaired) electrons. The van der Waals surface area contributed by atoms with Gasteiger partial charge in [0.15, 0.2) is 0 Å². The van der Waals surface area contributed by atoms with Crippen molar-refractivity contribution in [1.29, 1.82) is 0 Å². The first kappa shape index (κ1) is 12.0. The Kier molecular flexibility index (Phi) is 2.70. The average Bonchev–Trinajstić information content (AvgIpc) is 2.55. The summed E-state index contributed by atoms with van der Waals surface area (Å²) in [5, 5.41) is 0.333. The van der Waals surface area contributed by atoms with Gasteiger partial charge in [0, 0.05) is 17.7 Å². The van der Waals surface area contributed by atoms with E-state index in [2.05, 4.69) is 0 Å². The summed E-state index contributed by atoms with van der Waals surface area (Å²) >= 11 is 0. The van der Waals surface area contributed by atoms with E-state index in [1.807, 2.05) is 20.8 Å². The number of furan rings is 1. The van der Waals surface area contributed by atoms with Gasteiger partial charge in [0.05, 0.1) is 11.9 Å². The average molecular weight is 239 g/mol. The molecule has 0 saturated carbocycles. The van der Waals surface area contributed by atoms with E-state index in [1.54, 1.807) is 0 Å². The van der Waals surface area contributed by atoms with E-state index >= 15 is 0 Å². The van der Waals surface area contributed by atoms with Crippen LogP contribution < -0.4 is 5.73 Å². The lowest BCUT2D eigenvalue weighted by molar-refractivity contribution is 0.509. The Balaban J connectivity index is 2.89. The first-order valence-corrected chi connectivity index (χ1v) is 5.45. The van der Waals surface area contributed by atoms with Gasteiger partial charge in [0.1, 0.15) is 23.0 Å². The fraction of sp³-hybridized carbons (Fsp3) is 0.385. The maximum absolute atomic E-state index is 13.8. The van der Waals surface area contributed by atoms with Gasteiger partial charge < -0.3 is 10.2 Å². The SMILES string of the molecule is CC(C)(C)c1c(CN)oc2cc(F)cc(F)c12. The fourth-order valence-electron chi connectivity index (χ4n) is 2.13. The van der Waals surface area contributed by atoms with Gasteiger partial charge in [-0.25, -0.2) is 8.78 Å². The molecule has 0 amide bonds. The summed E-state index contributed by atoms with van der Waals surface area (Å²) in [5.41, 5.74) is 6.21. The molecule has 0 aliphatic carbocycles. The lowest BCUT2D eigenvalue weighted by Crippen LogP contribution is -2.14. The highest BCUT2D eigenvalue weighted by molar-refractivity contribution is 5.84. The van der Waals surface area contributed by atoms with Crippen molar-refractivity contribution < 1.29 is 13.2 Å². The maximum Gasteiger partial charge on any atom is 0.140 e. The van der Waals surface area contributed by atoms with E-state index in [-0.39, 0.29) is 17.5 Å². The Bertz CT molecular complexity index is 567. The Morgan fingerprint density at radius 3 is 2.41 bits per heavy atom. The van der Waals surface area contributed by atoms with Crippen LogP contribution in [0.1, 0.15) is 32.1 Å². The molecule has 0 aliphatic heterocycles. The summed E-state index contributed by atoms with van der Waals surface area (Å²) in [6, 6.07) is 2.06. The van der Waals surface area contributed by atoms with Crippen molar-refractivity contribution in [2.24, 2.45) is 5.73 Å². The minimum atomic E-state index is -0.646. The van der Waals surface area contributed by atoms with Crippen molar-refractivity contribution in [1.82, 2.24) is 0 Å². The van der Waals surface area contributed by atoms with Crippen LogP contribution in [0.3, 0.4) is 0 Å². The molecule has 1 aromatic carbocycles. The third-order valence-electron chi connectivity index (χ3n) is 2.72. The predicted molar refractivity (Wildman–Crippen MR) is 62.7 cm³/mol. The predicted octanol–water partition coefficient (Wildman–Crippen LogP) is 3.47. The van der Waals surface area contributed by atoms with Crippen LogP contribution in [0, 0.1) is 11.6 Å². The van der Waals surface area contributed by atoms with Gasteiger partial charge in [-0.1, -0.05) is 20.8 Å². The molecule has 0 fully saturated rings. The van der Waals surface area contributed by atoms with Crippen molar-refractivity contribution in [3.05, 3.63) is 35.1 Å². The van der Waals surface area contributed by atoms with Crippen LogP contribution >= 0.6 is 0 Å². The zero-order chi connectivity index (χ0) is 12.8. The monoisotopic (exact) mass is 239 g/mol. The molecule has 2 aromatic rings. The number of hydrogen-bond donors (Lipinski definition) is 1. The molecule has 0 unspecified atom stereocenters. The second-order valence-corrected chi connectivity index (χ2v) is 5.12. The van der Waals surface area contributed by atoms with Crippen LogP contribution in [0.2, 0.25) is 0 Å². The molecule has 2 nitrogen and oxygen atoms in total. The van der Waals surface area contributed by atoms with Crippen molar-refractivity contribution >= 4 is 11.0 Å². The standard InChI is InChI=1S/C13H15F2NO/c1-13(2,3)12-10(6-16)17-9-5-7(14)4-8(15)11(9)12/h4-5H,6,16H2,1-3H3. The lowest BCUT2D eigenvalue weighted by Gasteiger charge is -2.18. The number of rotatable bonds is 1. The smallest absolute Gasteiger partial charge is 0.140 e. The molecule has 0 aliphatic rings. The Labute approximate surface area is 98.4 Å². The number of nitrogens with two attached hydrogens (primary N) is 1. The van der Waals surface area contributed by atoms with E-state index in [0.717, 1.165) is 6.07 Å². The molecule has 4 heteroatoms. The number of halogens is 2. The molecular weight excluding hydrogens is 224 g/mol. The fourth-order valence-corrected chi connectivity index (χ4v) is 2.13. The van der Waals surface area contributed by atoms with Crippen molar-refractivity contribution in [3.8, 4) is 0 Å². The molecule has 0 atom stereocenters. The molecule has 0 spiro atoms. The van der Waals surface area contributed by atoms with Gasteiger partial charge >= 0.3 is 0 Å². The third kappa shape index (κ3) is 1.93. The molecule has 92 valence electrons. The molecule has 0 bridgehead atoms. The van der Waals surface area contributed by atoms with Gasteiger partial charge in [-0.05, 0) is 5.41 Å². The maximum atomic E-state index is 13.8. The number of benzene rings is 1. The van der Waals surface area contributed by atoms with Crippen LogP contribution in [-0.4, -0.2) is 0 Å². The van der Waals surface area contributed by atoms with Crippen LogP contribution in [0.15, 0.2) is 16.5 Å². The molecule has 2 N–H and O–H groups in total. The second kappa shape index (κ2) is 3.81. The normalized spacial score (nSPS) is 12.4. The number of fused-ring (bicyclic) bond motifs is 1. The first-order valence-electron chi connectivity index (χ1n) is 5.45. The van der Waals surface area contributed by atoms with Crippen LogP contribution in [-0.2, 0) is 12.0 Å². The quantitative estimate of drug-likeness (QED) is 0.827. The van der Waals surface area contributed by atoms with E-state index in [9.17, 15) is 8.78 Å². The molecule has 0 saturated heterocycles. The summed E-state index contributed by atoms with van der Waals surface area (Å²) in [4.78, 5) is 0. The minimum absolute atomic E-state index is 0.169. The Morgan fingerprint density at radius 1 is 1.24 bits per heavy atom. The van der Waals surface area contributed by atoms with Crippen LogP contribution in [0.25, 0.3) is 11.0 Å². The molecule has 2 rings (SSSR count). The van der Waals surface area contributed by atoms with Gasteiger partial charge in [-0.15, -0.1) is 0 Å². The lowest BCUT2D eigenvalue weighted by atomic mass is 9.84. The van der Waals surface area contributed by atoms with Gasteiger partial charge in [-0.2, -0.15) is 0 Å². The highest BCUT2D eigenvalue weighted by atomic mass is 19.1. The van der Waals surface area contributed by atoms with E-state index < -0.39 is 11.6 Å². The van der Waals surface area contributed by atoms with E-state index in [1.165, 1.54) is 6.07 Å². The third-order valence-corrected chi connectivity index (χ3v) is 2.72. The molecular formula is C13H15F2NO. The van der Waals surface area contributed by atoms with Crippen LogP contribution in [0.4, 0.5) is 8.78 Å². The molecule has 1 heterocycles. The van der Waals surface area contributed by atoms with Gasteiger partial charge in [0.2, 0.25) is 0 Å². The zero-order valence-corrected chi connectivity index (χ0v) is 10.1. The highest BCUT2D eigenvalue weighted by Crippen LogP contribution is 2.37. The summed E-state index contributed by atoms with van der Waals surface area (Å²) in [6.07, 6.45) is 0. The summed E-state index contributed by atoms with van der Waals surface area (Å²) in [6.45, 7) is 6.00. The van der Waals surface area contributed by atoms with Crippen molar-refractivity contribution in [2.45, 2.75) is 32.7 Å². The molecule has 17 heavy (non-hydrogen) atoms. The number of hydrogen-bond acceptors (Lipinski definition) is 2. The van der Waals surface area contributed by atoms with Crippen LogP contribution in [0.5, 0.6) is 0 Å². The zero-order valence-electron chi connectivity index (χ0n) is 10.1. The second-order valence-electron chi connectivity index (χ2n) is 5.12. The van der Waals surface area contributed by atoms with Crippen molar-refractivity contribution in [3.63, 3.8) is 0 Å². The summed E-state index contributed by atoms with van der Waals surface area (Å²) in [5.74, 6) is -0.738. The Hall–Kier alpha value is -1.42. The molecule has 1 aromatic heterocycles.